The van der Waals surface area contributed by atoms with Crippen LogP contribution in [0.15, 0.2) is 46.9 Å². The quantitative estimate of drug-likeness (QED) is 0.489. The van der Waals surface area contributed by atoms with Crippen molar-refractivity contribution in [1.82, 2.24) is 4.90 Å². The van der Waals surface area contributed by atoms with Gasteiger partial charge in [-0.2, -0.15) is 0 Å². The third kappa shape index (κ3) is 4.94. The number of esters is 1. The van der Waals surface area contributed by atoms with Crippen molar-refractivity contribution in [3.05, 3.63) is 63.6 Å². The summed E-state index contributed by atoms with van der Waals surface area (Å²) in [4.78, 5) is 50.2. The minimum absolute atomic E-state index is 0.0147. The summed E-state index contributed by atoms with van der Waals surface area (Å²) in [5, 5.41) is 2.70. The Morgan fingerprint density at radius 3 is 2.57 bits per heavy atom. The molecule has 0 saturated carbocycles. The first-order valence-corrected chi connectivity index (χ1v) is 10.3. The van der Waals surface area contributed by atoms with Crippen molar-refractivity contribution in [1.29, 1.82) is 0 Å². The van der Waals surface area contributed by atoms with E-state index in [1.807, 2.05) is 25.1 Å². The van der Waals surface area contributed by atoms with Gasteiger partial charge in [0.1, 0.15) is 0 Å². The maximum absolute atomic E-state index is 12.4. The third-order valence-corrected chi connectivity index (χ3v) is 5.15. The van der Waals surface area contributed by atoms with Gasteiger partial charge in [-0.1, -0.05) is 28.1 Å². The number of ether oxygens (including phenoxy) is 1. The average Bonchev–Trinajstić information content (AvgIpc) is 2.92. The number of hydrogen-bond donors (Lipinski definition) is 1. The summed E-state index contributed by atoms with van der Waals surface area (Å²) in [6, 6.07) is 12.2. The lowest BCUT2D eigenvalue weighted by molar-refractivity contribution is -0.153. The number of aryl methyl sites for hydroxylation is 1. The zero-order valence-corrected chi connectivity index (χ0v) is 18.2. The van der Waals surface area contributed by atoms with Crippen LogP contribution < -0.4 is 5.32 Å². The number of carbonyl (C=O) groups is 4. The monoisotopic (exact) mass is 472 g/mol. The molecule has 1 heterocycles. The summed E-state index contributed by atoms with van der Waals surface area (Å²) in [6.07, 6.45) is -0.730. The lowest BCUT2D eigenvalue weighted by Crippen LogP contribution is -2.32. The highest BCUT2D eigenvalue weighted by molar-refractivity contribution is 9.10. The van der Waals surface area contributed by atoms with Crippen LogP contribution in [0, 0.1) is 6.92 Å². The van der Waals surface area contributed by atoms with E-state index >= 15 is 0 Å². The number of anilines is 1. The second-order valence-corrected chi connectivity index (χ2v) is 7.96. The van der Waals surface area contributed by atoms with E-state index in [-0.39, 0.29) is 31.2 Å². The number of nitrogens with zero attached hydrogens (tertiary/aromatic N) is 1. The van der Waals surface area contributed by atoms with Crippen LogP contribution >= 0.6 is 15.9 Å². The molecule has 0 spiro atoms. The number of rotatable bonds is 7. The Bertz CT molecular complexity index is 1020. The molecule has 2 aromatic carbocycles. The zero-order valence-electron chi connectivity index (χ0n) is 16.6. The number of carbonyl (C=O) groups excluding carboxylic acids is 4. The summed E-state index contributed by atoms with van der Waals surface area (Å²) in [7, 11) is 0. The minimum atomic E-state index is -0.963. The summed E-state index contributed by atoms with van der Waals surface area (Å²) in [5.41, 5.74) is 2.32. The number of amides is 3. The van der Waals surface area contributed by atoms with Crippen molar-refractivity contribution < 1.29 is 23.9 Å². The molecule has 7 nitrogen and oxygen atoms in total. The maximum atomic E-state index is 12.4. The van der Waals surface area contributed by atoms with Crippen molar-refractivity contribution in [2.75, 3.05) is 11.9 Å². The molecule has 0 aliphatic carbocycles. The first-order chi connectivity index (χ1) is 14.3. The van der Waals surface area contributed by atoms with Gasteiger partial charge in [-0.3, -0.25) is 24.1 Å². The number of imide groups is 1. The molecule has 3 amide bonds. The van der Waals surface area contributed by atoms with Gasteiger partial charge in [-0.05, 0) is 56.2 Å². The Labute approximate surface area is 182 Å². The predicted molar refractivity (Wildman–Crippen MR) is 114 cm³/mol. The van der Waals surface area contributed by atoms with Gasteiger partial charge >= 0.3 is 5.97 Å². The van der Waals surface area contributed by atoms with Gasteiger partial charge in [0.05, 0.1) is 11.1 Å². The first kappa shape index (κ1) is 21.7. The molecular formula is C22H21BrN2O5. The lowest BCUT2D eigenvalue weighted by atomic mass is 10.1. The Morgan fingerprint density at radius 1 is 1.10 bits per heavy atom. The van der Waals surface area contributed by atoms with Crippen LogP contribution in [0.3, 0.4) is 0 Å². The smallest absolute Gasteiger partial charge is 0.306 e. The largest absolute Gasteiger partial charge is 0.453 e. The molecule has 8 heteroatoms. The second-order valence-electron chi connectivity index (χ2n) is 7.05. The standard InChI is InChI=1S/C22H21BrN2O5/c1-13-5-3-6-16(11-13)24-20(27)14(2)30-19(26)7-4-10-25-21(28)17-9-8-15(23)12-18(17)22(25)29/h3,5-6,8-9,11-12,14H,4,7,10H2,1-2H3,(H,24,27). The zero-order chi connectivity index (χ0) is 21.8. The van der Waals surface area contributed by atoms with Gasteiger partial charge in [0.2, 0.25) is 0 Å². The van der Waals surface area contributed by atoms with Crippen LogP contribution in [0.2, 0.25) is 0 Å². The van der Waals surface area contributed by atoms with Crippen LogP contribution in [0.4, 0.5) is 5.69 Å². The molecule has 2 aromatic rings. The summed E-state index contributed by atoms with van der Waals surface area (Å²) >= 11 is 3.29. The highest BCUT2D eigenvalue weighted by Crippen LogP contribution is 2.26. The van der Waals surface area contributed by atoms with E-state index in [2.05, 4.69) is 21.2 Å². The van der Waals surface area contributed by atoms with Crippen molar-refractivity contribution in [2.24, 2.45) is 0 Å². The lowest BCUT2D eigenvalue weighted by Gasteiger charge is -2.15. The molecule has 156 valence electrons. The van der Waals surface area contributed by atoms with E-state index in [1.165, 1.54) is 6.92 Å². The average molecular weight is 473 g/mol. The second kappa shape index (κ2) is 9.21. The summed E-state index contributed by atoms with van der Waals surface area (Å²) in [6.45, 7) is 3.50. The van der Waals surface area contributed by atoms with Crippen molar-refractivity contribution in [3.8, 4) is 0 Å². The van der Waals surface area contributed by atoms with Crippen LogP contribution in [0.5, 0.6) is 0 Å². The predicted octanol–water partition coefficient (Wildman–Crippen LogP) is 3.70. The molecule has 0 aromatic heterocycles. The molecule has 0 fully saturated rings. The molecule has 3 rings (SSSR count). The van der Waals surface area contributed by atoms with Gasteiger partial charge < -0.3 is 10.1 Å². The van der Waals surface area contributed by atoms with Crippen molar-refractivity contribution >= 4 is 45.3 Å². The fourth-order valence-electron chi connectivity index (χ4n) is 3.12. The van der Waals surface area contributed by atoms with E-state index in [1.54, 1.807) is 24.3 Å². The highest BCUT2D eigenvalue weighted by atomic mass is 79.9. The number of halogens is 1. The topological polar surface area (TPSA) is 92.8 Å². The summed E-state index contributed by atoms with van der Waals surface area (Å²) in [5.74, 6) is -1.75. The van der Waals surface area contributed by atoms with E-state index in [0.717, 1.165) is 10.5 Å². The normalized spacial score (nSPS) is 13.8. The van der Waals surface area contributed by atoms with Gasteiger partial charge in [-0.15, -0.1) is 0 Å². The third-order valence-electron chi connectivity index (χ3n) is 4.66. The molecule has 0 saturated heterocycles. The molecule has 0 bridgehead atoms. The molecular weight excluding hydrogens is 452 g/mol. The number of benzene rings is 2. The van der Waals surface area contributed by atoms with E-state index < -0.39 is 18.0 Å². The molecule has 1 aliphatic rings. The molecule has 1 atom stereocenters. The van der Waals surface area contributed by atoms with Gasteiger partial charge in [0, 0.05) is 23.1 Å². The molecule has 1 aliphatic heterocycles. The SMILES string of the molecule is Cc1cccc(NC(=O)C(C)OC(=O)CCCN2C(=O)c3ccc(Br)cc3C2=O)c1. The van der Waals surface area contributed by atoms with Crippen LogP contribution in [0.1, 0.15) is 46.0 Å². The first-order valence-electron chi connectivity index (χ1n) is 9.49. The van der Waals surface area contributed by atoms with E-state index in [0.29, 0.717) is 21.3 Å². The van der Waals surface area contributed by atoms with E-state index in [4.69, 9.17) is 4.74 Å². The maximum Gasteiger partial charge on any atom is 0.306 e. The number of nitrogens with one attached hydrogen (secondary N) is 1. The van der Waals surface area contributed by atoms with Crippen molar-refractivity contribution in [3.63, 3.8) is 0 Å². The molecule has 0 radical (unpaired) electrons. The summed E-state index contributed by atoms with van der Waals surface area (Å²) < 4.78 is 5.88. The van der Waals surface area contributed by atoms with Crippen LogP contribution in [-0.2, 0) is 14.3 Å². The molecule has 1 N–H and O–H groups in total. The minimum Gasteiger partial charge on any atom is -0.453 e. The van der Waals surface area contributed by atoms with Gasteiger partial charge in [0.25, 0.3) is 17.7 Å². The van der Waals surface area contributed by atoms with Gasteiger partial charge in [-0.25, -0.2) is 0 Å². The Balaban J connectivity index is 1.46. The van der Waals surface area contributed by atoms with Crippen molar-refractivity contribution in [2.45, 2.75) is 32.8 Å². The van der Waals surface area contributed by atoms with E-state index in [9.17, 15) is 19.2 Å². The molecule has 30 heavy (non-hydrogen) atoms. The highest BCUT2D eigenvalue weighted by Gasteiger charge is 2.35. The van der Waals surface area contributed by atoms with Crippen LogP contribution in [-0.4, -0.2) is 41.2 Å². The fraction of sp³-hybridized carbons (Fsp3) is 0.273. The van der Waals surface area contributed by atoms with Gasteiger partial charge in [0.15, 0.2) is 6.10 Å². The Kier molecular flexibility index (Phi) is 6.66. The fourth-order valence-corrected chi connectivity index (χ4v) is 3.48. The number of hydrogen-bond acceptors (Lipinski definition) is 5. The number of fused-ring (bicyclic) bond motifs is 1. The Morgan fingerprint density at radius 2 is 1.83 bits per heavy atom. The van der Waals surface area contributed by atoms with Crippen LogP contribution in [0.25, 0.3) is 0 Å². The Hall–Kier alpha value is -3.00. The molecule has 1 unspecified atom stereocenters.